The van der Waals surface area contributed by atoms with Gasteiger partial charge in [-0.3, -0.25) is 0 Å². The van der Waals surface area contributed by atoms with Crippen molar-refractivity contribution < 1.29 is 4.74 Å². The summed E-state index contributed by atoms with van der Waals surface area (Å²) in [5.74, 6) is 0. The van der Waals surface area contributed by atoms with E-state index in [1.165, 1.54) is 12.8 Å². The van der Waals surface area contributed by atoms with Crippen LogP contribution in [0.25, 0.3) is 0 Å². The smallest absolute Gasteiger partial charge is 0.0570 e. The van der Waals surface area contributed by atoms with Crippen molar-refractivity contribution in [2.45, 2.75) is 45.6 Å². The fraction of sp³-hybridized carbons (Fsp3) is 1.00. The van der Waals surface area contributed by atoms with Crippen molar-refractivity contribution in [2.24, 2.45) is 5.41 Å². The molecule has 0 spiro atoms. The van der Waals surface area contributed by atoms with E-state index in [0.29, 0.717) is 11.5 Å². The molecule has 0 amide bonds. The van der Waals surface area contributed by atoms with Gasteiger partial charge in [0.1, 0.15) is 0 Å². The number of hydrogen-bond donors (Lipinski definition) is 0. The van der Waals surface area contributed by atoms with Crippen molar-refractivity contribution in [3.63, 3.8) is 0 Å². The summed E-state index contributed by atoms with van der Waals surface area (Å²) < 4.78 is 5.83. The number of rotatable bonds is 6. The third kappa shape index (κ3) is 2.74. The molecule has 1 aliphatic rings. The molecular weight excluding hydrogens is 216 g/mol. The third-order valence-electron chi connectivity index (χ3n) is 2.78. The van der Waals surface area contributed by atoms with Gasteiger partial charge in [-0.15, -0.1) is 0 Å². The first kappa shape index (κ1) is 10.5. The molecule has 1 rings (SSSR count). The van der Waals surface area contributed by atoms with E-state index in [4.69, 9.17) is 4.74 Å². The highest BCUT2D eigenvalue weighted by atomic mass is 79.9. The molecule has 0 unspecified atom stereocenters. The topological polar surface area (TPSA) is 9.23 Å². The first-order valence-corrected chi connectivity index (χ1v) is 6.06. The highest BCUT2D eigenvalue weighted by Gasteiger charge is 2.42. The fourth-order valence-corrected chi connectivity index (χ4v) is 2.03. The first-order chi connectivity index (χ1) is 5.76. The van der Waals surface area contributed by atoms with E-state index in [1.54, 1.807) is 0 Å². The van der Waals surface area contributed by atoms with Crippen LogP contribution in [-0.4, -0.2) is 18.0 Å². The van der Waals surface area contributed by atoms with Crippen LogP contribution in [0.5, 0.6) is 0 Å². The average molecular weight is 235 g/mol. The van der Waals surface area contributed by atoms with Gasteiger partial charge in [0.05, 0.1) is 12.7 Å². The minimum Gasteiger partial charge on any atom is -0.378 e. The van der Waals surface area contributed by atoms with Crippen molar-refractivity contribution in [1.82, 2.24) is 0 Å². The lowest BCUT2D eigenvalue weighted by atomic mass is 10.1. The van der Waals surface area contributed by atoms with E-state index in [2.05, 4.69) is 29.8 Å². The summed E-state index contributed by atoms with van der Waals surface area (Å²) in [6, 6.07) is 0. The molecule has 0 heterocycles. The van der Waals surface area contributed by atoms with Crippen molar-refractivity contribution >= 4 is 15.9 Å². The van der Waals surface area contributed by atoms with E-state index in [0.717, 1.165) is 24.8 Å². The Morgan fingerprint density at radius 2 is 1.92 bits per heavy atom. The molecule has 0 radical (unpaired) electrons. The highest BCUT2D eigenvalue weighted by Crippen LogP contribution is 2.47. The van der Waals surface area contributed by atoms with Crippen molar-refractivity contribution in [1.29, 1.82) is 0 Å². The summed E-state index contributed by atoms with van der Waals surface area (Å²) in [6.07, 6.45) is 5.47. The molecule has 0 aromatic carbocycles. The number of alkyl halides is 1. The summed E-state index contributed by atoms with van der Waals surface area (Å²) in [5.41, 5.74) is 0.516. The first-order valence-electron chi connectivity index (χ1n) is 4.94. The van der Waals surface area contributed by atoms with Crippen LogP contribution in [0.3, 0.4) is 0 Å². The summed E-state index contributed by atoms with van der Waals surface area (Å²) in [5, 5.41) is 1.11. The predicted octanol–water partition coefficient (Wildman–Crippen LogP) is 3.37. The molecule has 0 atom stereocenters. The molecule has 0 saturated heterocycles. The maximum absolute atomic E-state index is 5.83. The summed E-state index contributed by atoms with van der Waals surface area (Å²) in [7, 11) is 0. The third-order valence-corrected chi connectivity index (χ3v) is 3.97. The van der Waals surface area contributed by atoms with Crippen molar-refractivity contribution in [2.75, 3.05) is 11.9 Å². The molecule has 0 N–H and O–H groups in total. The Morgan fingerprint density at radius 3 is 2.25 bits per heavy atom. The van der Waals surface area contributed by atoms with Gasteiger partial charge in [0.15, 0.2) is 0 Å². The molecule has 1 aliphatic carbocycles. The molecule has 1 fully saturated rings. The zero-order chi connectivity index (χ0) is 9.03. The van der Waals surface area contributed by atoms with Crippen LogP contribution in [0.4, 0.5) is 0 Å². The SMILES string of the molecule is CCC(CC)OCC1(CBr)CC1. The molecule has 2 heteroatoms. The van der Waals surface area contributed by atoms with Gasteiger partial charge in [0.2, 0.25) is 0 Å². The van der Waals surface area contributed by atoms with Gasteiger partial charge in [-0.1, -0.05) is 29.8 Å². The largest absolute Gasteiger partial charge is 0.378 e. The Balaban J connectivity index is 2.15. The second-order valence-electron chi connectivity index (χ2n) is 3.88. The lowest BCUT2D eigenvalue weighted by Gasteiger charge is -2.18. The van der Waals surface area contributed by atoms with E-state index < -0.39 is 0 Å². The van der Waals surface area contributed by atoms with Gasteiger partial charge >= 0.3 is 0 Å². The Bertz CT molecular complexity index is 128. The van der Waals surface area contributed by atoms with E-state index in [9.17, 15) is 0 Å². The zero-order valence-corrected chi connectivity index (χ0v) is 9.69. The number of hydrogen-bond acceptors (Lipinski definition) is 1. The Morgan fingerprint density at radius 1 is 1.33 bits per heavy atom. The van der Waals surface area contributed by atoms with Crippen molar-refractivity contribution in [3.05, 3.63) is 0 Å². The Labute approximate surface area is 84.0 Å². The van der Waals surface area contributed by atoms with Crippen LogP contribution >= 0.6 is 15.9 Å². The van der Waals surface area contributed by atoms with Crippen LogP contribution in [0.2, 0.25) is 0 Å². The lowest BCUT2D eigenvalue weighted by molar-refractivity contribution is 0.0234. The van der Waals surface area contributed by atoms with E-state index >= 15 is 0 Å². The minimum absolute atomic E-state index is 0.488. The maximum atomic E-state index is 5.83. The molecule has 1 saturated carbocycles. The van der Waals surface area contributed by atoms with Crippen LogP contribution in [-0.2, 0) is 4.74 Å². The normalized spacial score (nSPS) is 20.0. The average Bonchev–Trinajstić information content (AvgIpc) is 2.87. The molecule has 12 heavy (non-hydrogen) atoms. The molecule has 72 valence electrons. The summed E-state index contributed by atoms with van der Waals surface area (Å²) >= 11 is 3.55. The zero-order valence-electron chi connectivity index (χ0n) is 8.11. The van der Waals surface area contributed by atoms with Gasteiger partial charge < -0.3 is 4.74 Å². The minimum atomic E-state index is 0.488. The standard InChI is InChI=1S/C10H19BrO/c1-3-9(4-2)12-8-10(7-11)5-6-10/h9H,3-8H2,1-2H3. The summed E-state index contributed by atoms with van der Waals surface area (Å²) in [6.45, 7) is 5.36. The molecule has 1 nitrogen and oxygen atoms in total. The van der Waals surface area contributed by atoms with Gasteiger partial charge in [-0.2, -0.15) is 0 Å². The van der Waals surface area contributed by atoms with Crippen molar-refractivity contribution in [3.8, 4) is 0 Å². The van der Waals surface area contributed by atoms with Crippen LogP contribution in [0.15, 0.2) is 0 Å². The monoisotopic (exact) mass is 234 g/mol. The Kier molecular flexibility index (Phi) is 4.04. The van der Waals surface area contributed by atoms with Crippen LogP contribution in [0.1, 0.15) is 39.5 Å². The van der Waals surface area contributed by atoms with Gasteiger partial charge in [0, 0.05) is 10.7 Å². The highest BCUT2D eigenvalue weighted by molar-refractivity contribution is 9.09. The summed E-state index contributed by atoms with van der Waals surface area (Å²) in [4.78, 5) is 0. The number of ether oxygens (including phenoxy) is 1. The van der Waals surface area contributed by atoms with E-state index in [1.807, 2.05) is 0 Å². The molecule has 0 aromatic rings. The van der Waals surface area contributed by atoms with Crippen LogP contribution in [0, 0.1) is 5.41 Å². The second-order valence-corrected chi connectivity index (χ2v) is 4.44. The van der Waals surface area contributed by atoms with E-state index in [-0.39, 0.29) is 0 Å². The lowest BCUT2D eigenvalue weighted by Crippen LogP contribution is -2.18. The maximum Gasteiger partial charge on any atom is 0.0570 e. The molecule has 0 aromatic heterocycles. The van der Waals surface area contributed by atoms with Crippen LogP contribution < -0.4 is 0 Å². The Hall–Kier alpha value is 0.440. The predicted molar refractivity (Wildman–Crippen MR) is 55.8 cm³/mol. The second kappa shape index (κ2) is 4.61. The molecule has 0 bridgehead atoms. The molecular formula is C10H19BrO. The quantitative estimate of drug-likeness (QED) is 0.641. The fourth-order valence-electron chi connectivity index (χ4n) is 1.31. The van der Waals surface area contributed by atoms with Gasteiger partial charge in [-0.05, 0) is 25.7 Å². The van der Waals surface area contributed by atoms with Gasteiger partial charge in [0.25, 0.3) is 0 Å². The number of halogens is 1. The van der Waals surface area contributed by atoms with Gasteiger partial charge in [-0.25, -0.2) is 0 Å². The molecule has 0 aliphatic heterocycles.